The zero-order valence-corrected chi connectivity index (χ0v) is 15.8. The van der Waals surface area contributed by atoms with Crippen LogP contribution >= 0.6 is 0 Å². The van der Waals surface area contributed by atoms with Gasteiger partial charge in [0, 0.05) is 24.4 Å². The fourth-order valence-corrected chi connectivity index (χ4v) is 3.59. The molecule has 1 amide bonds. The first-order valence-corrected chi connectivity index (χ1v) is 8.85. The van der Waals surface area contributed by atoms with E-state index in [1.54, 1.807) is 30.0 Å². The lowest BCUT2D eigenvalue weighted by Gasteiger charge is -2.38. The Hall–Kier alpha value is -3.09. The van der Waals surface area contributed by atoms with Crippen LogP contribution in [0.25, 0.3) is 5.78 Å². The molecule has 0 fully saturated rings. The lowest BCUT2D eigenvalue weighted by molar-refractivity contribution is 0.0616. The summed E-state index contributed by atoms with van der Waals surface area (Å²) in [6.07, 6.45) is 4.10. The Morgan fingerprint density at radius 3 is 3.00 bits per heavy atom. The number of carbonyl (C=O) groups excluding carboxylic acids is 1. The van der Waals surface area contributed by atoms with Crippen molar-refractivity contribution in [3.05, 3.63) is 53.6 Å². The van der Waals surface area contributed by atoms with Gasteiger partial charge >= 0.3 is 0 Å². The molecular weight excluding hydrogens is 344 g/mol. The molecule has 140 valence electrons. The molecule has 1 aliphatic rings. The smallest absolute Gasteiger partial charge is 0.270 e. The molecule has 0 bridgehead atoms. The van der Waals surface area contributed by atoms with Crippen molar-refractivity contribution in [2.24, 2.45) is 0 Å². The van der Waals surface area contributed by atoms with E-state index in [1.165, 1.54) is 0 Å². The van der Waals surface area contributed by atoms with Crippen LogP contribution in [-0.2, 0) is 0 Å². The van der Waals surface area contributed by atoms with Gasteiger partial charge in [-0.3, -0.25) is 9.20 Å². The van der Waals surface area contributed by atoms with Crippen LogP contribution in [-0.4, -0.2) is 33.0 Å². The molecule has 0 unspecified atom stereocenters. The largest absolute Gasteiger partial charge is 0.497 e. The lowest BCUT2D eigenvalue weighted by atomic mass is 9.89. The van der Waals surface area contributed by atoms with Crippen LogP contribution in [0.3, 0.4) is 0 Å². The summed E-state index contributed by atoms with van der Waals surface area (Å²) < 4.78 is 13.1. The number of methoxy groups -OCH3 is 1. The number of rotatable bonds is 3. The Bertz CT molecular complexity index is 1030. The van der Waals surface area contributed by atoms with E-state index in [0.29, 0.717) is 23.6 Å². The minimum atomic E-state index is -0.393. The molecule has 0 saturated heterocycles. The van der Waals surface area contributed by atoms with E-state index in [-0.39, 0.29) is 11.9 Å². The van der Waals surface area contributed by atoms with Crippen molar-refractivity contribution in [3.63, 3.8) is 0 Å². The van der Waals surface area contributed by atoms with Crippen LogP contribution in [0.15, 0.2) is 36.7 Å². The Labute approximate surface area is 157 Å². The lowest BCUT2D eigenvalue weighted by Crippen LogP contribution is -2.41. The average molecular weight is 366 g/mol. The number of nitrogens with one attached hydrogen (secondary N) is 1. The standard InChI is InChI=1S/C20H22N4O3/c1-12-17(24-9-5-8-21-19(24)22-12)18(25)23-15-11-20(2,3)27-16-7-6-13(26-4)10-14(15)16/h5-10,15H,11H2,1-4H3,(H,23,25)/t15-/m0/s1. The summed E-state index contributed by atoms with van der Waals surface area (Å²) in [5.41, 5.74) is 1.65. The van der Waals surface area contributed by atoms with Crippen molar-refractivity contribution in [3.8, 4) is 11.5 Å². The molecule has 3 aromatic rings. The summed E-state index contributed by atoms with van der Waals surface area (Å²) in [5, 5.41) is 3.15. The second kappa shape index (κ2) is 6.26. The van der Waals surface area contributed by atoms with Gasteiger partial charge in [-0.15, -0.1) is 0 Å². The van der Waals surface area contributed by atoms with Crippen molar-refractivity contribution in [2.75, 3.05) is 7.11 Å². The van der Waals surface area contributed by atoms with Crippen molar-refractivity contribution < 1.29 is 14.3 Å². The fourth-order valence-electron chi connectivity index (χ4n) is 3.59. The molecule has 3 heterocycles. The number of nitrogens with zero attached hydrogens (tertiary/aromatic N) is 3. The molecule has 4 rings (SSSR count). The maximum Gasteiger partial charge on any atom is 0.270 e. The molecule has 1 N–H and O–H groups in total. The number of imidazole rings is 1. The number of benzene rings is 1. The van der Waals surface area contributed by atoms with Crippen LogP contribution in [0, 0.1) is 6.92 Å². The monoisotopic (exact) mass is 366 g/mol. The maximum absolute atomic E-state index is 13.1. The SMILES string of the molecule is COc1ccc2c(c1)[C@@H](NC(=O)c1c(C)nc3ncccn13)CC(C)(C)O2. The predicted octanol–water partition coefficient (Wildman–Crippen LogP) is 3.08. The molecule has 7 nitrogen and oxygen atoms in total. The van der Waals surface area contributed by atoms with Crippen LogP contribution < -0.4 is 14.8 Å². The molecule has 0 radical (unpaired) electrons. The highest BCUT2D eigenvalue weighted by Crippen LogP contribution is 2.41. The Balaban J connectivity index is 1.71. The molecule has 1 aromatic carbocycles. The molecule has 1 atom stereocenters. The molecular formula is C20H22N4O3. The third-order valence-corrected chi connectivity index (χ3v) is 4.77. The highest BCUT2D eigenvalue weighted by Gasteiger charge is 2.35. The second-order valence-electron chi connectivity index (χ2n) is 7.33. The summed E-state index contributed by atoms with van der Waals surface area (Å²) in [4.78, 5) is 21.7. The zero-order valence-electron chi connectivity index (χ0n) is 15.8. The molecule has 2 aromatic heterocycles. The topological polar surface area (TPSA) is 77.8 Å². The minimum absolute atomic E-state index is 0.190. The third kappa shape index (κ3) is 3.09. The van der Waals surface area contributed by atoms with E-state index in [0.717, 1.165) is 17.1 Å². The molecule has 27 heavy (non-hydrogen) atoms. The van der Waals surface area contributed by atoms with E-state index in [9.17, 15) is 4.79 Å². The zero-order chi connectivity index (χ0) is 19.2. The van der Waals surface area contributed by atoms with E-state index in [4.69, 9.17) is 9.47 Å². The van der Waals surface area contributed by atoms with Gasteiger partial charge in [-0.1, -0.05) is 0 Å². The van der Waals surface area contributed by atoms with Gasteiger partial charge in [0.15, 0.2) is 0 Å². The summed E-state index contributed by atoms with van der Waals surface area (Å²) in [6.45, 7) is 5.85. The van der Waals surface area contributed by atoms with E-state index >= 15 is 0 Å². The number of hydrogen-bond acceptors (Lipinski definition) is 5. The van der Waals surface area contributed by atoms with E-state index in [2.05, 4.69) is 15.3 Å². The molecule has 0 saturated carbocycles. The number of carbonyl (C=O) groups is 1. The number of ether oxygens (including phenoxy) is 2. The number of aryl methyl sites for hydroxylation is 1. The number of amides is 1. The second-order valence-corrected chi connectivity index (χ2v) is 7.33. The van der Waals surface area contributed by atoms with Crippen molar-refractivity contribution in [1.29, 1.82) is 0 Å². The van der Waals surface area contributed by atoms with Crippen LogP contribution in [0.2, 0.25) is 0 Å². The van der Waals surface area contributed by atoms with E-state index < -0.39 is 5.60 Å². The van der Waals surface area contributed by atoms with Crippen LogP contribution in [0.1, 0.15) is 48.1 Å². The molecule has 0 spiro atoms. The van der Waals surface area contributed by atoms with Crippen LogP contribution in [0.4, 0.5) is 0 Å². The normalized spacial score (nSPS) is 17.9. The number of fused-ring (bicyclic) bond motifs is 2. The van der Waals surface area contributed by atoms with Gasteiger partial charge in [-0.05, 0) is 45.0 Å². The van der Waals surface area contributed by atoms with Crippen LogP contribution in [0.5, 0.6) is 11.5 Å². The third-order valence-electron chi connectivity index (χ3n) is 4.77. The van der Waals surface area contributed by atoms with Gasteiger partial charge in [-0.2, -0.15) is 0 Å². The summed E-state index contributed by atoms with van der Waals surface area (Å²) >= 11 is 0. The van der Waals surface area contributed by atoms with Gasteiger partial charge in [0.05, 0.1) is 18.8 Å². The Morgan fingerprint density at radius 2 is 2.22 bits per heavy atom. The van der Waals surface area contributed by atoms with E-state index in [1.807, 2.05) is 39.0 Å². The first kappa shape index (κ1) is 17.3. The number of hydrogen-bond donors (Lipinski definition) is 1. The fraction of sp³-hybridized carbons (Fsp3) is 0.350. The van der Waals surface area contributed by atoms with Crippen molar-refractivity contribution in [2.45, 2.75) is 38.8 Å². The highest BCUT2D eigenvalue weighted by atomic mass is 16.5. The number of aromatic nitrogens is 3. The van der Waals surface area contributed by atoms with Gasteiger partial charge in [-0.25, -0.2) is 9.97 Å². The van der Waals surface area contributed by atoms with Crippen molar-refractivity contribution >= 4 is 11.7 Å². The van der Waals surface area contributed by atoms with Gasteiger partial charge in [0.25, 0.3) is 5.91 Å². The average Bonchev–Trinajstić information content (AvgIpc) is 2.96. The summed E-state index contributed by atoms with van der Waals surface area (Å²) in [6, 6.07) is 7.24. The Morgan fingerprint density at radius 1 is 1.41 bits per heavy atom. The summed E-state index contributed by atoms with van der Waals surface area (Å²) in [7, 11) is 1.62. The van der Waals surface area contributed by atoms with Gasteiger partial charge in [0.2, 0.25) is 5.78 Å². The van der Waals surface area contributed by atoms with Crippen molar-refractivity contribution in [1.82, 2.24) is 19.7 Å². The Kier molecular flexibility index (Phi) is 4.02. The first-order chi connectivity index (χ1) is 12.9. The molecule has 7 heteroatoms. The maximum atomic E-state index is 13.1. The minimum Gasteiger partial charge on any atom is -0.497 e. The summed E-state index contributed by atoms with van der Waals surface area (Å²) in [5.74, 6) is 1.80. The highest BCUT2D eigenvalue weighted by molar-refractivity contribution is 5.94. The molecule has 0 aliphatic carbocycles. The predicted molar refractivity (Wildman–Crippen MR) is 100 cm³/mol. The van der Waals surface area contributed by atoms with Gasteiger partial charge in [0.1, 0.15) is 22.8 Å². The van der Waals surface area contributed by atoms with Gasteiger partial charge < -0.3 is 14.8 Å². The quantitative estimate of drug-likeness (QED) is 0.771. The molecule has 1 aliphatic heterocycles. The first-order valence-electron chi connectivity index (χ1n) is 8.85.